The maximum Gasteiger partial charge on any atom is 0.254 e. The number of morpholine rings is 1. The topological polar surface area (TPSA) is 87.7 Å². The Kier molecular flexibility index (Phi) is 6.84. The molecule has 0 spiro atoms. The van der Waals surface area contributed by atoms with E-state index in [1.807, 2.05) is 18.7 Å². The van der Waals surface area contributed by atoms with Gasteiger partial charge in [-0.2, -0.15) is 0 Å². The maximum atomic E-state index is 12.7. The lowest BCUT2D eigenvalue weighted by atomic mass is 10.1. The van der Waals surface area contributed by atoms with Gasteiger partial charge in [-0.05, 0) is 57.2 Å². The first-order valence-corrected chi connectivity index (χ1v) is 10.0. The van der Waals surface area contributed by atoms with Crippen LogP contribution in [0, 0.1) is 0 Å². The summed E-state index contributed by atoms with van der Waals surface area (Å²) in [5, 5.41) is 5.80. The van der Waals surface area contributed by atoms with Gasteiger partial charge in [-0.1, -0.05) is 12.1 Å². The minimum Gasteiger partial charge on any atom is -0.376 e. The lowest BCUT2D eigenvalue weighted by Gasteiger charge is -2.35. The molecule has 0 aromatic heterocycles. The van der Waals surface area contributed by atoms with Gasteiger partial charge in [-0.3, -0.25) is 14.4 Å². The van der Waals surface area contributed by atoms with Crippen molar-refractivity contribution < 1.29 is 19.1 Å². The quantitative estimate of drug-likeness (QED) is 0.716. The number of rotatable bonds is 6. The first-order valence-electron chi connectivity index (χ1n) is 10.0. The van der Waals surface area contributed by atoms with Crippen molar-refractivity contribution in [1.82, 2.24) is 4.90 Å². The molecule has 1 fully saturated rings. The molecule has 2 aromatic rings. The van der Waals surface area contributed by atoms with E-state index < -0.39 is 0 Å². The average molecular weight is 409 g/mol. The monoisotopic (exact) mass is 409 g/mol. The van der Waals surface area contributed by atoms with Gasteiger partial charge in [-0.25, -0.2) is 0 Å². The molecule has 158 valence electrons. The van der Waals surface area contributed by atoms with Crippen LogP contribution in [-0.4, -0.2) is 54.3 Å². The first kappa shape index (κ1) is 21.5. The summed E-state index contributed by atoms with van der Waals surface area (Å²) in [6.45, 7) is 6.63. The van der Waals surface area contributed by atoms with Crippen molar-refractivity contribution in [1.29, 1.82) is 0 Å². The number of carbonyl (C=O) groups excluding carboxylic acids is 3. The van der Waals surface area contributed by atoms with E-state index in [2.05, 4.69) is 10.6 Å². The fourth-order valence-corrected chi connectivity index (χ4v) is 3.46. The van der Waals surface area contributed by atoms with Gasteiger partial charge in [0.2, 0.25) is 5.91 Å². The second kappa shape index (κ2) is 9.54. The van der Waals surface area contributed by atoms with Crippen LogP contribution in [0.3, 0.4) is 0 Å². The van der Waals surface area contributed by atoms with E-state index in [0.717, 1.165) is 5.69 Å². The molecule has 1 saturated heterocycles. The van der Waals surface area contributed by atoms with E-state index in [4.69, 9.17) is 4.74 Å². The van der Waals surface area contributed by atoms with Crippen LogP contribution in [0.4, 0.5) is 11.4 Å². The number of anilines is 2. The standard InChI is InChI=1S/C23H27N3O4/c1-15-13-26(14-16(2)30-15)23(29)18-7-9-20(10-8-18)24-12-22(28)25-21-6-4-5-19(11-21)17(3)27/h4-11,15-16,24H,12-14H2,1-3H3,(H,25,28). The van der Waals surface area contributed by atoms with Gasteiger partial charge in [-0.15, -0.1) is 0 Å². The van der Waals surface area contributed by atoms with Gasteiger partial charge in [0.25, 0.3) is 5.91 Å². The van der Waals surface area contributed by atoms with Crippen LogP contribution in [0.15, 0.2) is 48.5 Å². The molecule has 7 heteroatoms. The normalized spacial score (nSPS) is 18.6. The van der Waals surface area contributed by atoms with Gasteiger partial charge in [0.1, 0.15) is 0 Å². The van der Waals surface area contributed by atoms with Gasteiger partial charge >= 0.3 is 0 Å². The van der Waals surface area contributed by atoms with E-state index in [1.54, 1.807) is 48.5 Å². The number of benzene rings is 2. The molecule has 2 atom stereocenters. The summed E-state index contributed by atoms with van der Waals surface area (Å²) in [7, 11) is 0. The highest BCUT2D eigenvalue weighted by atomic mass is 16.5. The number of hydrogen-bond donors (Lipinski definition) is 2. The average Bonchev–Trinajstić information content (AvgIpc) is 2.71. The zero-order chi connectivity index (χ0) is 21.7. The Morgan fingerprint density at radius 1 is 0.967 bits per heavy atom. The summed E-state index contributed by atoms with van der Waals surface area (Å²) in [4.78, 5) is 38.1. The van der Waals surface area contributed by atoms with Crippen LogP contribution < -0.4 is 10.6 Å². The van der Waals surface area contributed by atoms with Crippen molar-refractivity contribution in [2.75, 3.05) is 30.3 Å². The number of Topliss-reactive ketones (excluding diaryl/α,β-unsaturated/α-hetero) is 1. The van der Waals surface area contributed by atoms with Crippen LogP contribution in [0.5, 0.6) is 0 Å². The Hall–Kier alpha value is -3.19. The molecule has 0 aliphatic carbocycles. The molecule has 1 aliphatic rings. The summed E-state index contributed by atoms with van der Waals surface area (Å²) >= 11 is 0. The van der Waals surface area contributed by atoms with E-state index >= 15 is 0 Å². The maximum absolute atomic E-state index is 12.7. The van der Waals surface area contributed by atoms with Gasteiger partial charge in [0, 0.05) is 35.6 Å². The van der Waals surface area contributed by atoms with E-state index in [0.29, 0.717) is 29.9 Å². The lowest BCUT2D eigenvalue weighted by Crippen LogP contribution is -2.48. The molecule has 1 heterocycles. The van der Waals surface area contributed by atoms with Crippen LogP contribution >= 0.6 is 0 Å². The Morgan fingerprint density at radius 3 is 2.27 bits per heavy atom. The molecule has 0 saturated carbocycles. The summed E-state index contributed by atoms with van der Waals surface area (Å²) in [5.74, 6) is -0.307. The highest BCUT2D eigenvalue weighted by Gasteiger charge is 2.26. The molecule has 3 rings (SSSR count). The van der Waals surface area contributed by atoms with Crippen molar-refractivity contribution in [2.45, 2.75) is 33.0 Å². The van der Waals surface area contributed by atoms with Gasteiger partial charge < -0.3 is 20.3 Å². The second-order valence-electron chi connectivity index (χ2n) is 7.58. The molecule has 7 nitrogen and oxygen atoms in total. The molecule has 2 amide bonds. The smallest absolute Gasteiger partial charge is 0.254 e. The molecule has 0 radical (unpaired) electrons. The van der Waals surface area contributed by atoms with Crippen molar-refractivity contribution in [3.05, 3.63) is 59.7 Å². The molecule has 1 aliphatic heterocycles. The Bertz CT molecular complexity index is 916. The SMILES string of the molecule is CC(=O)c1cccc(NC(=O)CNc2ccc(C(=O)N3CC(C)OC(C)C3)cc2)c1. The van der Waals surface area contributed by atoms with Gasteiger partial charge in [0.15, 0.2) is 5.78 Å². The lowest BCUT2D eigenvalue weighted by molar-refractivity contribution is -0.114. The third-order valence-corrected chi connectivity index (χ3v) is 4.84. The van der Waals surface area contributed by atoms with Crippen molar-refractivity contribution >= 4 is 29.0 Å². The van der Waals surface area contributed by atoms with Crippen molar-refractivity contribution in [3.63, 3.8) is 0 Å². The van der Waals surface area contributed by atoms with E-state index in [9.17, 15) is 14.4 Å². The number of nitrogens with one attached hydrogen (secondary N) is 2. The molecule has 2 N–H and O–H groups in total. The molecule has 2 unspecified atom stereocenters. The Balaban J connectivity index is 1.53. The zero-order valence-electron chi connectivity index (χ0n) is 17.5. The Morgan fingerprint density at radius 2 is 1.63 bits per heavy atom. The molecule has 2 aromatic carbocycles. The van der Waals surface area contributed by atoms with Crippen LogP contribution in [0.1, 0.15) is 41.5 Å². The predicted octanol–water partition coefficient (Wildman–Crippen LogP) is 3.19. The Labute approximate surface area is 176 Å². The van der Waals surface area contributed by atoms with E-state index in [-0.39, 0.29) is 36.4 Å². The third kappa shape index (κ3) is 5.67. The summed E-state index contributed by atoms with van der Waals surface area (Å²) in [5.41, 5.74) is 2.46. The van der Waals surface area contributed by atoms with E-state index in [1.165, 1.54) is 6.92 Å². The minimum atomic E-state index is -0.229. The highest BCUT2D eigenvalue weighted by molar-refractivity contribution is 5.98. The molecular formula is C23H27N3O4. The van der Waals surface area contributed by atoms with Crippen molar-refractivity contribution in [3.8, 4) is 0 Å². The number of ketones is 1. The number of ether oxygens (including phenoxy) is 1. The zero-order valence-corrected chi connectivity index (χ0v) is 17.5. The minimum absolute atomic E-state index is 0.0216. The molecular weight excluding hydrogens is 382 g/mol. The number of amides is 2. The third-order valence-electron chi connectivity index (χ3n) is 4.84. The first-order chi connectivity index (χ1) is 14.3. The number of hydrogen-bond acceptors (Lipinski definition) is 5. The van der Waals surface area contributed by atoms with Crippen LogP contribution in [0.25, 0.3) is 0 Å². The van der Waals surface area contributed by atoms with Crippen molar-refractivity contribution in [2.24, 2.45) is 0 Å². The second-order valence-corrected chi connectivity index (χ2v) is 7.58. The van der Waals surface area contributed by atoms with Crippen LogP contribution in [-0.2, 0) is 9.53 Å². The summed E-state index contributed by atoms with van der Waals surface area (Å²) in [6.07, 6.45) is 0.0431. The predicted molar refractivity (Wildman–Crippen MR) is 116 cm³/mol. The summed E-state index contributed by atoms with van der Waals surface area (Å²) in [6, 6.07) is 13.9. The molecule has 0 bridgehead atoms. The van der Waals surface area contributed by atoms with Gasteiger partial charge in [0.05, 0.1) is 18.8 Å². The fraction of sp³-hybridized carbons (Fsp3) is 0.348. The fourth-order valence-electron chi connectivity index (χ4n) is 3.46. The van der Waals surface area contributed by atoms with Crippen LogP contribution in [0.2, 0.25) is 0 Å². The summed E-state index contributed by atoms with van der Waals surface area (Å²) < 4.78 is 5.68. The highest BCUT2D eigenvalue weighted by Crippen LogP contribution is 2.16. The molecule has 30 heavy (non-hydrogen) atoms. The number of nitrogens with zero attached hydrogens (tertiary/aromatic N) is 1. The largest absolute Gasteiger partial charge is 0.376 e. The number of carbonyl (C=O) groups is 3.